The largest absolute Gasteiger partial charge is 0.232 e. The highest BCUT2D eigenvalue weighted by molar-refractivity contribution is 4.95. The molecule has 46 valence electrons. The number of nitrogens with one attached hydrogen (secondary N) is 1. The highest BCUT2D eigenvalue weighted by atomic mass is 15.8. The summed E-state index contributed by atoms with van der Waals surface area (Å²) in [4.78, 5) is 0. The summed E-state index contributed by atoms with van der Waals surface area (Å²) in [6.45, 7) is 3.53. The third-order valence-electron chi connectivity index (χ3n) is 2.22. The minimum absolute atomic E-state index is 0.429. The second-order valence-electron chi connectivity index (χ2n) is 2.99. The molecule has 2 rings (SSSR count). The van der Waals surface area contributed by atoms with Gasteiger partial charge in [0.1, 0.15) is 0 Å². The SMILES string of the molecule is C[C@]12CCCCN1N2. The average molecular weight is 112 g/mol. The maximum Gasteiger partial charge on any atom is 0.0946 e. The van der Waals surface area contributed by atoms with E-state index in [1.54, 1.807) is 0 Å². The summed E-state index contributed by atoms with van der Waals surface area (Å²) in [7, 11) is 0. The van der Waals surface area contributed by atoms with Crippen LogP contribution >= 0.6 is 0 Å². The molecule has 0 aromatic heterocycles. The van der Waals surface area contributed by atoms with E-state index in [2.05, 4.69) is 17.4 Å². The first kappa shape index (κ1) is 4.77. The Labute approximate surface area is 49.8 Å². The van der Waals surface area contributed by atoms with Gasteiger partial charge in [-0.05, 0) is 26.2 Å². The summed E-state index contributed by atoms with van der Waals surface area (Å²) in [5.41, 5.74) is 3.77. The van der Waals surface area contributed by atoms with E-state index >= 15 is 0 Å². The van der Waals surface area contributed by atoms with E-state index in [-0.39, 0.29) is 0 Å². The summed E-state index contributed by atoms with van der Waals surface area (Å²) in [6, 6.07) is 0. The lowest BCUT2D eigenvalue weighted by atomic mass is 10.1. The van der Waals surface area contributed by atoms with Gasteiger partial charge in [-0.2, -0.15) is 0 Å². The van der Waals surface area contributed by atoms with Crippen LogP contribution in [0.25, 0.3) is 0 Å². The average Bonchev–Trinajstić information content (AvgIpc) is 2.39. The molecule has 1 N–H and O–H groups in total. The number of hydrogen-bond acceptors (Lipinski definition) is 2. The Morgan fingerprint density at radius 2 is 2.38 bits per heavy atom. The molecule has 0 radical (unpaired) electrons. The number of nitrogens with zero attached hydrogens (tertiary/aromatic N) is 1. The number of hydrazine groups is 1. The van der Waals surface area contributed by atoms with E-state index in [9.17, 15) is 0 Å². The van der Waals surface area contributed by atoms with Gasteiger partial charge in [0.2, 0.25) is 0 Å². The summed E-state index contributed by atoms with van der Waals surface area (Å²) in [5, 5.41) is 2.33. The minimum Gasteiger partial charge on any atom is -0.232 e. The summed E-state index contributed by atoms with van der Waals surface area (Å²) >= 11 is 0. The molecule has 2 heterocycles. The first-order chi connectivity index (χ1) is 3.81. The summed E-state index contributed by atoms with van der Waals surface area (Å²) in [5.74, 6) is 0. The van der Waals surface area contributed by atoms with Gasteiger partial charge in [-0.1, -0.05) is 0 Å². The van der Waals surface area contributed by atoms with E-state index < -0.39 is 0 Å². The minimum atomic E-state index is 0.429. The molecule has 2 nitrogen and oxygen atoms in total. The van der Waals surface area contributed by atoms with E-state index in [4.69, 9.17) is 0 Å². The van der Waals surface area contributed by atoms with Gasteiger partial charge in [0.25, 0.3) is 0 Å². The zero-order valence-corrected chi connectivity index (χ0v) is 5.28. The quantitative estimate of drug-likeness (QED) is 0.467. The van der Waals surface area contributed by atoms with Crippen LogP contribution in [0.2, 0.25) is 0 Å². The molecule has 1 unspecified atom stereocenters. The molecule has 2 heteroatoms. The van der Waals surface area contributed by atoms with Crippen molar-refractivity contribution < 1.29 is 0 Å². The van der Waals surface area contributed by atoms with Crippen molar-refractivity contribution in [3.05, 3.63) is 0 Å². The van der Waals surface area contributed by atoms with Crippen LogP contribution in [0.15, 0.2) is 0 Å². The Kier molecular flexibility index (Phi) is 0.746. The fourth-order valence-corrected chi connectivity index (χ4v) is 1.50. The third-order valence-corrected chi connectivity index (χ3v) is 2.22. The lowest BCUT2D eigenvalue weighted by molar-refractivity contribution is 0.333. The highest BCUT2D eigenvalue weighted by Gasteiger charge is 2.47. The Morgan fingerprint density at radius 3 is 2.88 bits per heavy atom. The zero-order chi connectivity index (χ0) is 5.61. The third kappa shape index (κ3) is 0.501. The smallest absolute Gasteiger partial charge is 0.0946 e. The Hall–Kier alpha value is -0.0800. The van der Waals surface area contributed by atoms with Crippen molar-refractivity contribution in [2.24, 2.45) is 0 Å². The van der Waals surface area contributed by atoms with Crippen LogP contribution < -0.4 is 5.43 Å². The molecule has 2 fully saturated rings. The molecule has 0 spiro atoms. The first-order valence-electron chi connectivity index (χ1n) is 3.37. The summed E-state index contributed by atoms with van der Waals surface area (Å²) in [6.07, 6.45) is 4.12. The van der Waals surface area contributed by atoms with Gasteiger partial charge >= 0.3 is 0 Å². The Balaban J connectivity index is 2.04. The molecule has 8 heavy (non-hydrogen) atoms. The van der Waals surface area contributed by atoms with Crippen LogP contribution in [0, 0.1) is 0 Å². The van der Waals surface area contributed by atoms with Crippen molar-refractivity contribution in [2.45, 2.75) is 31.8 Å². The van der Waals surface area contributed by atoms with Crippen molar-refractivity contribution in [2.75, 3.05) is 6.54 Å². The van der Waals surface area contributed by atoms with Gasteiger partial charge in [-0.3, -0.25) is 0 Å². The van der Waals surface area contributed by atoms with Crippen LogP contribution in [0.1, 0.15) is 26.2 Å². The lowest BCUT2D eigenvalue weighted by Crippen LogP contribution is -2.20. The van der Waals surface area contributed by atoms with Crippen LogP contribution in [-0.2, 0) is 0 Å². The van der Waals surface area contributed by atoms with Crippen molar-refractivity contribution in [1.29, 1.82) is 0 Å². The number of hydrogen-bond donors (Lipinski definition) is 1. The Morgan fingerprint density at radius 1 is 1.50 bits per heavy atom. The maximum absolute atomic E-state index is 3.34. The van der Waals surface area contributed by atoms with Crippen LogP contribution in [0.4, 0.5) is 0 Å². The molecule has 2 atom stereocenters. The van der Waals surface area contributed by atoms with E-state index in [1.807, 2.05) is 0 Å². The monoisotopic (exact) mass is 112 g/mol. The first-order valence-corrected chi connectivity index (χ1v) is 3.37. The predicted molar refractivity (Wildman–Crippen MR) is 32.1 cm³/mol. The molecule has 0 bridgehead atoms. The van der Waals surface area contributed by atoms with Crippen molar-refractivity contribution >= 4 is 0 Å². The molecule has 2 saturated heterocycles. The number of rotatable bonds is 0. The van der Waals surface area contributed by atoms with Gasteiger partial charge < -0.3 is 0 Å². The molecule has 0 aromatic rings. The van der Waals surface area contributed by atoms with Gasteiger partial charge in [0.15, 0.2) is 0 Å². The topological polar surface area (TPSA) is 25.0 Å². The molecule has 0 aliphatic carbocycles. The van der Waals surface area contributed by atoms with Gasteiger partial charge in [0, 0.05) is 6.54 Å². The summed E-state index contributed by atoms with van der Waals surface area (Å²) < 4.78 is 0. The molecular formula is C6H12N2. The second kappa shape index (κ2) is 1.25. The predicted octanol–water partition coefficient (Wildman–Crippen LogP) is 0.707. The highest BCUT2D eigenvalue weighted by Crippen LogP contribution is 2.33. The normalized spacial score (nSPS) is 52.9. The molecule has 2 aliphatic heterocycles. The van der Waals surface area contributed by atoms with Gasteiger partial charge in [-0.15, -0.1) is 0 Å². The standard InChI is InChI=1S/C6H12N2/c1-6-4-2-3-5-8(6)7-6/h7H,2-5H2,1H3/t6-,8?/m1/s1. The number of fused-ring (bicyclic) bond motifs is 1. The molecular weight excluding hydrogens is 100 g/mol. The van der Waals surface area contributed by atoms with E-state index in [1.165, 1.54) is 25.8 Å². The maximum atomic E-state index is 3.34. The fraction of sp³-hybridized carbons (Fsp3) is 1.00. The van der Waals surface area contributed by atoms with Crippen LogP contribution in [0.5, 0.6) is 0 Å². The Bertz CT molecular complexity index is 111. The van der Waals surface area contributed by atoms with Gasteiger partial charge in [-0.25, -0.2) is 10.4 Å². The fourth-order valence-electron chi connectivity index (χ4n) is 1.50. The van der Waals surface area contributed by atoms with Crippen molar-refractivity contribution in [3.8, 4) is 0 Å². The van der Waals surface area contributed by atoms with E-state index in [0.717, 1.165) is 0 Å². The van der Waals surface area contributed by atoms with Crippen molar-refractivity contribution in [1.82, 2.24) is 10.4 Å². The van der Waals surface area contributed by atoms with E-state index in [0.29, 0.717) is 5.66 Å². The molecule has 0 saturated carbocycles. The van der Waals surface area contributed by atoms with Crippen LogP contribution in [-0.4, -0.2) is 17.2 Å². The van der Waals surface area contributed by atoms with Gasteiger partial charge in [0.05, 0.1) is 5.66 Å². The molecule has 0 amide bonds. The van der Waals surface area contributed by atoms with Crippen LogP contribution in [0.3, 0.4) is 0 Å². The zero-order valence-electron chi connectivity index (χ0n) is 5.28. The number of piperidine rings is 1. The molecule has 0 aromatic carbocycles. The second-order valence-corrected chi connectivity index (χ2v) is 2.99. The van der Waals surface area contributed by atoms with Crippen molar-refractivity contribution in [3.63, 3.8) is 0 Å². The lowest BCUT2D eigenvalue weighted by Gasteiger charge is -2.13. The molecule has 2 aliphatic rings.